The average molecular weight is 222 g/mol. The third-order valence-corrected chi connectivity index (χ3v) is 2.60. The molecule has 4 heteroatoms. The largest absolute Gasteiger partial charge is 0.359 e. The molecule has 0 aliphatic heterocycles. The van der Waals surface area contributed by atoms with Gasteiger partial charge in [-0.15, -0.1) is 0 Å². The van der Waals surface area contributed by atoms with Crippen LogP contribution in [0, 0.1) is 6.20 Å². The van der Waals surface area contributed by atoms with Crippen molar-refractivity contribution in [3.8, 4) is 0 Å². The Labute approximate surface area is 97.1 Å². The number of amides is 1. The third kappa shape index (κ3) is 5.53. The molecule has 0 aliphatic rings. The Balaban J connectivity index is 1.87. The summed E-state index contributed by atoms with van der Waals surface area (Å²) in [6.07, 6.45) is 12.8. The Morgan fingerprint density at radius 1 is 1.31 bits per heavy atom. The molecule has 89 valence electrons. The van der Waals surface area contributed by atoms with Gasteiger partial charge >= 0.3 is 0 Å². The van der Waals surface area contributed by atoms with Gasteiger partial charge < -0.3 is 9.88 Å². The fraction of sp³-hybridized carbons (Fsp3) is 0.667. The SMILES string of the molecule is CNC(=O)CCCCCCCn1c[c]nc1. The van der Waals surface area contributed by atoms with Crippen molar-refractivity contribution in [2.24, 2.45) is 0 Å². The van der Waals surface area contributed by atoms with E-state index in [1.165, 1.54) is 19.3 Å². The number of nitrogens with one attached hydrogen (secondary N) is 1. The summed E-state index contributed by atoms with van der Waals surface area (Å²) in [6.45, 7) is 1.02. The lowest BCUT2D eigenvalue weighted by Gasteiger charge is -2.02. The first kappa shape index (κ1) is 12.7. The fourth-order valence-corrected chi connectivity index (χ4v) is 1.61. The lowest BCUT2D eigenvalue weighted by molar-refractivity contribution is -0.120. The zero-order valence-corrected chi connectivity index (χ0v) is 9.91. The van der Waals surface area contributed by atoms with Crippen molar-refractivity contribution >= 4 is 5.91 Å². The second-order valence-corrected chi connectivity index (χ2v) is 3.93. The van der Waals surface area contributed by atoms with E-state index in [1.807, 2.05) is 10.8 Å². The van der Waals surface area contributed by atoms with E-state index in [4.69, 9.17) is 0 Å². The second kappa shape index (κ2) is 7.91. The van der Waals surface area contributed by atoms with Crippen LogP contribution in [-0.2, 0) is 11.3 Å². The number of nitrogens with zero attached hydrogens (tertiary/aromatic N) is 2. The minimum Gasteiger partial charge on any atom is -0.359 e. The maximum absolute atomic E-state index is 10.9. The number of rotatable bonds is 8. The molecule has 1 aromatic rings. The molecule has 0 atom stereocenters. The maximum atomic E-state index is 10.9. The van der Waals surface area contributed by atoms with Crippen LogP contribution >= 0.6 is 0 Å². The molecule has 0 spiro atoms. The van der Waals surface area contributed by atoms with Gasteiger partial charge in [0.1, 0.15) is 6.20 Å². The van der Waals surface area contributed by atoms with Gasteiger partial charge in [-0.25, -0.2) is 4.98 Å². The van der Waals surface area contributed by atoms with E-state index in [2.05, 4.69) is 16.5 Å². The molecule has 4 nitrogen and oxygen atoms in total. The Kier molecular flexibility index (Phi) is 6.30. The number of carbonyl (C=O) groups is 1. The molecular formula is C12H20N3O. The number of imidazole rings is 1. The molecule has 1 aromatic heterocycles. The minimum atomic E-state index is 0.147. The number of unbranched alkanes of at least 4 members (excludes halogenated alkanes) is 4. The van der Waals surface area contributed by atoms with Crippen LogP contribution in [0.5, 0.6) is 0 Å². The van der Waals surface area contributed by atoms with Crippen LogP contribution in [0.25, 0.3) is 0 Å². The van der Waals surface area contributed by atoms with Crippen molar-refractivity contribution in [2.45, 2.75) is 45.1 Å². The molecule has 0 saturated heterocycles. The summed E-state index contributed by atoms with van der Waals surface area (Å²) in [7, 11) is 1.68. The van der Waals surface area contributed by atoms with E-state index in [-0.39, 0.29) is 5.91 Å². The molecule has 0 saturated carbocycles. The molecule has 0 fully saturated rings. The first-order valence-electron chi connectivity index (χ1n) is 5.91. The molecule has 0 aromatic carbocycles. The molecule has 16 heavy (non-hydrogen) atoms. The van der Waals surface area contributed by atoms with Crippen LogP contribution in [0.15, 0.2) is 12.5 Å². The topological polar surface area (TPSA) is 46.9 Å². The van der Waals surface area contributed by atoms with Crippen molar-refractivity contribution in [3.63, 3.8) is 0 Å². The molecule has 1 N–H and O–H groups in total. The number of hydrogen-bond acceptors (Lipinski definition) is 2. The standard InChI is InChI=1S/C12H20N3O/c1-13-12(16)7-5-3-2-4-6-9-15-10-8-14-11-15/h10-11H,2-7,9H2,1H3,(H,13,16). The lowest BCUT2D eigenvalue weighted by atomic mass is 10.1. The van der Waals surface area contributed by atoms with E-state index in [1.54, 1.807) is 13.4 Å². The van der Waals surface area contributed by atoms with Crippen LogP contribution in [0.4, 0.5) is 0 Å². The highest BCUT2D eigenvalue weighted by molar-refractivity contribution is 5.75. The summed E-state index contributed by atoms with van der Waals surface area (Å²) in [5, 5.41) is 2.63. The third-order valence-electron chi connectivity index (χ3n) is 2.60. The summed E-state index contributed by atoms with van der Waals surface area (Å²) >= 11 is 0. The zero-order chi connectivity index (χ0) is 11.6. The predicted octanol–water partition coefficient (Wildman–Crippen LogP) is 1.77. The summed E-state index contributed by atoms with van der Waals surface area (Å²) < 4.78 is 2.05. The molecule has 1 heterocycles. The Morgan fingerprint density at radius 3 is 2.75 bits per heavy atom. The average Bonchev–Trinajstić information content (AvgIpc) is 2.80. The minimum absolute atomic E-state index is 0.147. The van der Waals surface area contributed by atoms with Gasteiger partial charge in [0.25, 0.3) is 0 Å². The number of aryl methyl sites for hydroxylation is 1. The Bertz CT molecular complexity index is 282. The first-order valence-corrected chi connectivity index (χ1v) is 5.91. The van der Waals surface area contributed by atoms with Crippen molar-refractivity contribution < 1.29 is 4.79 Å². The van der Waals surface area contributed by atoms with E-state index in [0.29, 0.717) is 6.42 Å². The first-order chi connectivity index (χ1) is 7.83. The van der Waals surface area contributed by atoms with Crippen molar-refractivity contribution in [1.82, 2.24) is 14.9 Å². The summed E-state index contributed by atoms with van der Waals surface area (Å²) in [4.78, 5) is 14.8. The molecule has 0 unspecified atom stereocenters. The molecule has 0 bridgehead atoms. The normalized spacial score (nSPS) is 10.3. The van der Waals surface area contributed by atoms with Gasteiger partial charge in [-0.05, 0) is 12.8 Å². The van der Waals surface area contributed by atoms with Gasteiger partial charge in [-0.1, -0.05) is 19.3 Å². The van der Waals surface area contributed by atoms with Crippen LogP contribution in [0.1, 0.15) is 38.5 Å². The van der Waals surface area contributed by atoms with Gasteiger partial charge in [0, 0.05) is 26.2 Å². The highest BCUT2D eigenvalue weighted by Gasteiger charge is 1.97. The van der Waals surface area contributed by atoms with Crippen molar-refractivity contribution in [2.75, 3.05) is 7.05 Å². The van der Waals surface area contributed by atoms with Crippen LogP contribution in [0.3, 0.4) is 0 Å². The maximum Gasteiger partial charge on any atom is 0.219 e. The quantitative estimate of drug-likeness (QED) is 0.681. The van der Waals surface area contributed by atoms with E-state index in [0.717, 1.165) is 19.4 Å². The second-order valence-electron chi connectivity index (χ2n) is 3.93. The smallest absolute Gasteiger partial charge is 0.219 e. The van der Waals surface area contributed by atoms with E-state index >= 15 is 0 Å². The highest BCUT2D eigenvalue weighted by Crippen LogP contribution is 2.06. The molecule has 0 aliphatic carbocycles. The van der Waals surface area contributed by atoms with Gasteiger partial charge in [-0.3, -0.25) is 4.79 Å². The number of carbonyl (C=O) groups excluding carboxylic acids is 1. The fourth-order valence-electron chi connectivity index (χ4n) is 1.61. The number of hydrogen-bond donors (Lipinski definition) is 1. The van der Waals surface area contributed by atoms with Crippen LogP contribution < -0.4 is 5.32 Å². The van der Waals surface area contributed by atoms with Crippen molar-refractivity contribution in [3.05, 3.63) is 18.7 Å². The predicted molar refractivity (Wildman–Crippen MR) is 62.8 cm³/mol. The van der Waals surface area contributed by atoms with Crippen LogP contribution in [0.2, 0.25) is 0 Å². The number of aromatic nitrogens is 2. The van der Waals surface area contributed by atoms with Gasteiger partial charge in [0.2, 0.25) is 5.91 Å². The molecule has 1 rings (SSSR count). The van der Waals surface area contributed by atoms with Crippen molar-refractivity contribution in [1.29, 1.82) is 0 Å². The summed E-state index contributed by atoms with van der Waals surface area (Å²) in [5.41, 5.74) is 0. The van der Waals surface area contributed by atoms with Crippen LogP contribution in [-0.4, -0.2) is 22.5 Å². The monoisotopic (exact) mass is 222 g/mol. The van der Waals surface area contributed by atoms with Gasteiger partial charge in [0.15, 0.2) is 0 Å². The Hall–Kier alpha value is -1.32. The highest BCUT2D eigenvalue weighted by atomic mass is 16.1. The van der Waals surface area contributed by atoms with E-state index < -0.39 is 0 Å². The Morgan fingerprint density at radius 2 is 2.06 bits per heavy atom. The summed E-state index contributed by atoms with van der Waals surface area (Å²) in [6, 6.07) is 0. The zero-order valence-electron chi connectivity index (χ0n) is 9.91. The molecular weight excluding hydrogens is 202 g/mol. The van der Waals surface area contributed by atoms with Gasteiger partial charge in [0.05, 0.1) is 6.33 Å². The lowest BCUT2D eigenvalue weighted by Crippen LogP contribution is -2.16. The summed E-state index contributed by atoms with van der Waals surface area (Å²) in [5.74, 6) is 0.147. The molecule has 1 radical (unpaired) electrons. The molecule has 1 amide bonds. The van der Waals surface area contributed by atoms with Gasteiger partial charge in [-0.2, -0.15) is 0 Å². The van der Waals surface area contributed by atoms with E-state index in [9.17, 15) is 4.79 Å².